The van der Waals surface area contributed by atoms with Crippen LogP contribution in [0.2, 0.25) is 0 Å². The Kier molecular flexibility index (Phi) is 2.53. The molecule has 60 valence electrons. The van der Waals surface area contributed by atoms with Gasteiger partial charge in [0.15, 0.2) is 0 Å². The number of aliphatic hydroxyl groups excluding tert-OH is 1. The van der Waals surface area contributed by atoms with Crippen LogP contribution in [0.3, 0.4) is 0 Å². The maximum Gasteiger partial charge on any atom is 0.108 e. The van der Waals surface area contributed by atoms with Gasteiger partial charge in [0.1, 0.15) is 5.76 Å². The highest BCUT2D eigenvalue weighted by atomic mass is 16.3. The van der Waals surface area contributed by atoms with Crippen LogP contribution < -0.4 is 0 Å². The van der Waals surface area contributed by atoms with Crippen molar-refractivity contribution >= 4 is 0 Å². The minimum atomic E-state index is 0.168. The first-order valence-electron chi connectivity index (χ1n) is 3.98. The lowest BCUT2D eigenvalue weighted by Gasteiger charge is -1.97. The maximum atomic E-state index is 8.93. The van der Waals surface area contributed by atoms with Gasteiger partial charge in [0, 0.05) is 0 Å². The average molecular weight is 150 g/mol. The predicted octanol–water partition coefficient (Wildman–Crippen LogP) is 3.11. The molecule has 0 spiro atoms. The molecule has 1 aliphatic carbocycles. The van der Waals surface area contributed by atoms with Gasteiger partial charge in [-0.05, 0) is 43.4 Å². The molecule has 0 heterocycles. The topological polar surface area (TPSA) is 20.2 Å². The molecular formula is C10H14O. The number of aliphatic hydroxyl groups is 1. The first kappa shape index (κ1) is 8.12. The van der Waals surface area contributed by atoms with Crippen LogP contribution in [-0.2, 0) is 0 Å². The Morgan fingerprint density at radius 1 is 1.45 bits per heavy atom. The summed E-state index contributed by atoms with van der Waals surface area (Å²) in [5, 5.41) is 8.93. The van der Waals surface area contributed by atoms with Gasteiger partial charge < -0.3 is 5.11 Å². The van der Waals surface area contributed by atoms with Crippen molar-refractivity contribution in [2.45, 2.75) is 26.2 Å². The van der Waals surface area contributed by atoms with Crippen molar-refractivity contribution in [2.24, 2.45) is 0 Å². The fourth-order valence-electron chi connectivity index (χ4n) is 1.49. The molecule has 0 unspecified atom stereocenters. The molecule has 0 aromatic carbocycles. The summed E-state index contributed by atoms with van der Waals surface area (Å²) in [6, 6.07) is 0. The summed E-state index contributed by atoms with van der Waals surface area (Å²) < 4.78 is 0. The summed E-state index contributed by atoms with van der Waals surface area (Å²) >= 11 is 0. The maximum absolute atomic E-state index is 8.93. The second-order valence-corrected chi connectivity index (χ2v) is 2.83. The number of allylic oxidation sites excluding steroid dienone is 4. The van der Waals surface area contributed by atoms with E-state index in [0.29, 0.717) is 0 Å². The molecule has 1 rings (SSSR count). The van der Waals surface area contributed by atoms with Gasteiger partial charge in [0.2, 0.25) is 0 Å². The molecule has 0 aromatic rings. The van der Waals surface area contributed by atoms with Crippen molar-refractivity contribution in [3.05, 3.63) is 35.6 Å². The number of rotatable bonds is 1. The molecule has 0 amide bonds. The summed E-state index contributed by atoms with van der Waals surface area (Å²) in [6.07, 6.45) is 7.32. The molecule has 1 aliphatic rings. The molecular weight excluding hydrogens is 136 g/mol. The van der Waals surface area contributed by atoms with Crippen LogP contribution in [0.25, 0.3) is 0 Å². The normalized spacial score (nSPS) is 24.8. The Labute approximate surface area is 67.7 Å². The van der Waals surface area contributed by atoms with Crippen LogP contribution in [0, 0.1) is 0 Å². The molecule has 1 fully saturated rings. The molecule has 1 saturated carbocycles. The van der Waals surface area contributed by atoms with E-state index in [1.807, 2.05) is 6.92 Å². The third kappa shape index (κ3) is 1.97. The first-order chi connectivity index (χ1) is 5.24. The zero-order chi connectivity index (χ0) is 8.27. The third-order valence-corrected chi connectivity index (χ3v) is 1.99. The van der Waals surface area contributed by atoms with E-state index in [-0.39, 0.29) is 5.76 Å². The van der Waals surface area contributed by atoms with Gasteiger partial charge in [-0.2, -0.15) is 0 Å². The fraction of sp³-hybridized carbons (Fsp3) is 0.400. The Balaban J connectivity index is 2.79. The van der Waals surface area contributed by atoms with Gasteiger partial charge in [0.25, 0.3) is 0 Å². The standard InChI is InChI=1S/C10H14O/c1-3-9-5-4-6-10(9)7-8(2)11/h3,7,11H,2,4-6H2,1H3/b9-3-,10-7-. The van der Waals surface area contributed by atoms with Crippen LogP contribution >= 0.6 is 0 Å². The zero-order valence-electron chi connectivity index (χ0n) is 6.93. The molecule has 0 bridgehead atoms. The number of hydrogen-bond donors (Lipinski definition) is 1. The van der Waals surface area contributed by atoms with Crippen LogP contribution in [0.4, 0.5) is 0 Å². The molecule has 0 atom stereocenters. The molecule has 0 saturated heterocycles. The van der Waals surface area contributed by atoms with Crippen molar-refractivity contribution in [3.8, 4) is 0 Å². The van der Waals surface area contributed by atoms with E-state index in [1.165, 1.54) is 17.6 Å². The van der Waals surface area contributed by atoms with Gasteiger partial charge in [-0.25, -0.2) is 0 Å². The van der Waals surface area contributed by atoms with Gasteiger partial charge in [-0.15, -0.1) is 0 Å². The monoisotopic (exact) mass is 150 g/mol. The Morgan fingerprint density at radius 2 is 2.09 bits per heavy atom. The van der Waals surface area contributed by atoms with Crippen LogP contribution in [-0.4, -0.2) is 5.11 Å². The molecule has 0 aliphatic heterocycles. The summed E-state index contributed by atoms with van der Waals surface area (Å²) in [7, 11) is 0. The SMILES string of the molecule is C=C(O)/C=C1/CCC/C1=C/C. The van der Waals surface area contributed by atoms with Gasteiger partial charge in [-0.1, -0.05) is 12.7 Å². The lowest BCUT2D eigenvalue weighted by atomic mass is 10.1. The van der Waals surface area contributed by atoms with Crippen LogP contribution in [0.1, 0.15) is 26.2 Å². The van der Waals surface area contributed by atoms with Gasteiger partial charge in [-0.3, -0.25) is 0 Å². The minimum absolute atomic E-state index is 0.168. The third-order valence-electron chi connectivity index (χ3n) is 1.99. The molecule has 1 nitrogen and oxygen atoms in total. The lowest BCUT2D eigenvalue weighted by Crippen LogP contribution is -1.79. The summed E-state index contributed by atoms with van der Waals surface area (Å²) in [6.45, 7) is 5.48. The molecule has 0 radical (unpaired) electrons. The highest BCUT2D eigenvalue weighted by molar-refractivity contribution is 5.37. The van der Waals surface area contributed by atoms with Gasteiger partial charge >= 0.3 is 0 Å². The quantitative estimate of drug-likeness (QED) is 0.569. The van der Waals surface area contributed by atoms with E-state index in [4.69, 9.17) is 5.11 Å². The van der Waals surface area contributed by atoms with E-state index in [9.17, 15) is 0 Å². The van der Waals surface area contributed by atoms with Crippen molar-refractivity contribution in [1.29, 1.82) is 0 Å². The fourth-order valence-corrected chi connectivity index (χ4v) is 1.49. The van der Waals surface area contributed by atoms with Crippen LogP contribution in [0.5, 0.6) is 0 Å². The predicted molar refractivity (Wildman–Crippen MR) is 47.5 cm³/mol. The zero-order valence-corrected chi connectivity index (χ0v) is 6.93. The van der Waals surface area contributed by atoms with E-state index < -0.39 is 0 Å². The Morgan fingerprint density at radius 3 is 2.64 bits per heavy atom. The van der Waals surface area contributed by atoms with E-state index in [1.54, 1.807) is 6.08 Å². The molecule has 0 aromatic heterocycles. The lowest BCUT2D eigenvalue weighted by molar-refractivity contribution is 0.434. The molecule has 1 N–H and O–H groups in total. The summed E-state index contributed by atoms with van der Waals surface area (Å²) in [4.78, 5) is 0. The van der Waals surface area contributed by atoms with E-state index in [0.717, 1.165) is 12.8 Å². The Hall–Kier alpha value is -0.980. The smallest absolute Gasteiger partial charge is 0.108 e. The Bertz CT molecular complexity index is 221. The minimum Gasteiger partial charge on any atom is -0.509 e. The highest BCUT2D eigenvalue weighted by Gasteiger charge is 2.11. The largest absolute Gasteiger partial charge is 0.509 e. The molecule has 11 heavy (non-hydrogen) atoms. The van der Waals surface area contributed by atoms with E-state index >= 15 is 0 Å². The van der Waals surface area contributed by atoms with Crippen molar-refractivity contribution in [2.75, 3.05) is 0 Å². The summed E-state index contributed by atoms with van der Waals surface area (Å²) in [5.74, 6) is 0.168. The first-order valence-corrected chi connectivity index (χ1v) is 3.98. The van der Waals surface area contributed by atoms with Crippen molar-refractivity contribution < 1.29 is 5.11 Å². The summed E-state index contributed by atoms with van der Waals surface area (Å²) in [5.41, 5.74) is 2.61. The van der Waals surface area contributed by atoms with E-state index in [2.05, 4.69) is 12.7 Å². The molecule has 1 heteroatoms. The average Bonchev–Trinajstić information content (AvgIpc) is 2.34. The van der Waals surface area contributed by atoms with Crippen LogP contribution in [0.15, 0.2) is 35.6 Å². The number of hydrogen-bond acceptors (Lipinski definition) is 1. The highest BCUT2D eigenvalue weighted by Crippen LogP contribution is 2.30. The van der Waals surface area contributed by atoms with Crippen molar-refractivity contribution in [1.82, 2.24) is 0 Å². The van der Waals surface area contributed by atoms with Gasteiger partial charge in [0.05, 0.1) is 0 Å². The van der Waals surface area contributed by atoms with Crippen molar-refractivity contribution in [3.63, 3.8) is 0 Å². The second-order valence-electron chi connectivity index (χ2n) is 2.83. The second kappa shape index (κ2) is 3.42.